The van der Waals surface area contributed by atoms with Crippen molar-refractivity contribution in [3.05, 3.63) is 0 Å². The summed E-state index contributed by atoms with van der Waals surface area (Å²) in [6.45, 7) is -2.94. The quantitative estimate of drug-likeness (QED) is 0.702. The summed E-state index contributed by atoms with van der Waals surface area (Å²) in [7, 11) is 0. The molecule has 0 aliphatic carbocycles. The van der Waals surface area contributed by atoms with E-state index in [0.29, 0.717) is 0 Å². The molecule has 0 N–H and O–H groups in total. The van der Waals surface area contributed by atoms with Crippen molar-refractivity contribution in [2.24, 2.45) is 0 Å². The van der Waals surface area contributed by atoms with Gasteiger partial charge in [0.2, 0.25) is 0 Å². The molecule has 0 spiro atoms. The van der Waals surface area contributed by atoms with E-state index in [9.17, 15) is 43.9 Å². The molecule has 0 saturated carbocycles. The monoisotopic (exact) mass is 282 g/mol. The second-order valence-corrected chi connectivity index (χ2v) is 2.81. The molecule has 17 heavy (non-hydrogen) atoms. The van der Waals surface area contributed by atoms with Crippen LogP contribution >= 0.6 is 0 Å². The van der Waals surface area contributed by atoms with Crippen molar-refractivity contribution in [1.82, 2.24) is 0 Å². The van der Waals surface area contributed by atoms with Gasteiger partial charge in [0.1, 0.15) is 6.61 Å². The fraction of sp³-hybridized carbons (Fsp3) is 1.00. The van der Waals surface area contributed by atoms with Gasteiger partial charge in [-0.15, -0.1) is 0 Å². The summed E-state index contributed by atoms with van der Waals surface area (Å²) >= 11 is 0. The van der Waals surface area contributed by atoms with E-state index in [1.807, 2.05) is 0 Å². The number of alkyl halides is 10. The first-order valence-electron chi connectivity index (χ1n) is 3.68. The van der Waals surface area contributed by atoms with Crippen LogP contribution in [0.2, 0.25) is 0 Å². The molecule has 0 bridgehead atoms. The van der Waals surface area contributed by atoms with Crippen LogP contribution in [0.1, 0.15) is 0 Å². The molecule has 1 atom stereocenters. The van der Waals surface area contributed by atoms with Crippen molar-refractivity contribution in [2.75, 3.05) is 6.61 Å². The first-order valence-corrected chi connectivity index (χ1v) is 3.68. The minimum absolute atomic E-state index is 2.59. The lowest BCUT2D eigenvalue weighted by Gasteiger charge is -2.28. The highest BCUT2D eigenvalue weighted by molar-refractivity contribution is 4.90. The molecule has 0 fully saturated rings. The number of rotatable bonds is 5. The Hall–Kier alpha value is -0.740. The molecule has 0 aliphatic rings. The minimum Gasteiger partial charge on any atom is -0.312 e. The summed E-state index contributed by atoms with van der Waals surface area (Å²) in [6.07, 6.45) is -21.0. The minimum atomic E-state index is -6.24. The summed E-state index contributed by atoms with van der Waals surface area (Å²) in [6, 6.07) is 0. The van der Waals surface area contributed by atoms with Gasteiger partial charge < -0.3 is 4.74 Å². The van der Waals surface area contributed by atoms with Gasteiger partial charge in [0, 0.05) is 0 Å². The normalized spacial score (nSPS) is 17.6. The van der Waals surface area contributed by atoms with Crippen molar-refractivity contribution in [2.45, 2.75) is 30.8 Å². The first-order chi connectivity index (χ1) is 7.34. The average Bonchev–Trinajstić information content (AvgIpc) is 2.11. The van der Waals surface area contributed by atoms with Gasteiger partial charge in [0.05, 0.1) is 0 Å². The van der Waals surface area contributed by atoms with Crippen LogP contribution in [0.25, 0.3) is 0 Å². The molecule has 0 aromatic heterocycles. The van der Waals surface area contributed by atoms with Crippen LogP contribution in [0.3, 0.4) is 0 Å². The van der Waals surface area contributed by atoms with Gasteiger partial charge in [0.25, 0.3) is 12.1 Å². The topological polar surface area (TPSA) is 9.23 Å². The molecule has 0 aliphatic heterocycles. The molecule has 0 aromatic rings. The Morgan fingerprint density at radius 1 is 0.765 bits per heavy atom. The molecule has 0 rings (SSSR count). The molecule has 0 aromatic carbocycles. The van der Waals surface area contributed by atoms with Crippen molar-refractivity contribution in [1.29, 1.82) is 0 Å². The highest BCUT2D eigenvalue weighted by atomic mass is 19.4. The zero-order valence-corrected chi connectivity index (χ0v) is 7.55. The van der Waals surface area contributed by atoms with Gasteiger partial charge >= 0.3 is 18.7 Å². The lowest BCUT2D eigenvalue weighted by Crippen LogP contribution is -2.52. The molecule has 104 valence electrons. The van der Waals surface area contributed by atoms with Gasteiger partial charge in [-0.05, 0) is 0 Å². The van der Waals surface area contributed by atoms with E-state index >= 15 is 0 Å². The fourth-order valence-corrected chi connectivity index (χ4v) is 0.533. The molecule has 1 nitrogen and oxygen atoms in total. The predicted octanol–water partition coefficient (Wildman–Crippen LogP) is 3.40. The van der Waals surface area contributed by atoms with Crippen LogP contribution in [0.4, 0.5) is 43.9 Å². The summed E-state index contributed by atoms with van der Waals surface area (Å²) < 4.78 is 121. The third kappa shape index (κ3) is 3.61. The van der Waals surface area contributed by atoms with Crippen molar-refractivity contribution < 1.29 is 48.6 Å². The Bertz CT molecular complexity index is 248. The maximum Gasteiger partial charge on any atom is 0.430 e. The Morgan fingerprint density at radius 3 is 1.41 bits per heavy atom. The second-order valence-electron chi connectivity index (χ2n) is 2.81. The van der Waals surface area contributed by atoms with Crippen LogP contribution in [0, 0.1) is 0 Å². The van der Waals surface area contributed by atoms with E-state index < -0.39 is 37.4 Å². The van der Waals surface area contributed by atoms with Gasteiger partial charge in [0.15, 0.2) is 0 Å². The molecule has 0 amide bonds. The van der Waals surface area contributed by atoms with Crippen molar-refractivity contribution in [3.8, 4) is 0 Å². The Labute approximate surface area is 87.3 Å². The van der Waals surface area contributed by atoms with Gasteiger partial charge in [-0.3, -0.25) is 0 Å². The zero-order chi connectivity index (χ0) is 14.1. The smallest absolute Gasteiger partial charge is 0.312 e. The molecular formula is C6H4F10O. The molecule has 0 heterocycles. The van der Waals surface area contributed by atoms with E-state index in [0.717, 1.165) is 0 Å². The van der Waals surface area contributed by atoms with E-state index in [4.69, 9.17) is 0 Å². The number of halogens is 10. The molecular weight excluding hydrogens is 278 g/mol. The lowest BCUT2D eigenvalue weighted by molar-refractivity contribution is -0.345. The molecule has 0 saturated heterocycles. The Balaban J connectivity index is 4.83. The predicted molar refractivity (Wildman–Crippen MR) is 32.8 cm³/mol. The summed E-state index contributed by atoms with van der Waals surface area (Å²) in [5.74, 6) is 0. The van der Waals surface area contributed by atoms with Gasteiger partial charge in [-0.2, -0.15) is 22.0 Å². The van der Waals surface area contributed by atoms with Gasteiger partial charge in [-0.25, -0.2) is 22.0 Å². The standard InChI is InChI=1S/C6H4F10O/c7-2(8)4(11,6(14,15)16)1-17-5(12,13)3(9)10/h2-3H,1H2. The second kappa shape index (κ2) is 4.86. The molecule has 11 heteroatoms. The van der Waals surface area contributed by atoms with E-state index in [2.05, 4.69) is 4.74 Å². The van der Waals surface area contributed by atoms with E-state index in [1.54, 1.807) is 0 Å². The Kier molecular flexibility index (Phi) is 4.65. The highest BCUT2D eigenvalue weighted by Gasteiger charge is 2.64. The van der Waals surface area contributed by atoms with Gasteiger partial charge in [-0.1, -0.05) is 0 Å². The van der Waals surface area contributed by atoms with Crippen LogP contribution in [0.15, 0.2) is 0 Å². The third-order valence-corrected chi connectivity index (χ3v) is 1.55. The zero-order valence-electron chi connectivity index (χ0n) is 7.55. The maximum absolute atomic E-state index is 12.6. The maximum atomic E-state index is 12.6. The number of hydrogen-bond acceptors (Lipinski definition) is 1. The van der Waals surface area contributed by atoms with Crippen molar-refractivity contribution >= 4 is 0 Å². The summed E-state index contributed by atoms with van der Waals surface area (Å²) in [5.41, 5.74) is -5.44. The number of ether oxygens (including phenoxy) is 1. The van der Waals surface area contributed by atoms with Crippen LogP contribution in [0.5, 0.6) is 0 Å². The molecule has 0 radical (unpaired) electrons. The lowest BCUT2D eigenvalue weighted by atomic mass is 10.1. The Morgan fingerprint density at radius 2 is 1.18 bits per heavy atom. The van der Waals surface area contributed by atoms with Crippen molar-refractivity contribution in [3.63, 3.8) is 0 Å². The average molecular weight is 282 g/mol. The highest BCUT2D eigenvalue weighted by Crippen LogP contribution is 2.40. The van der Waals surface area contributed by atoms with Crippen LogP contribution in [-0.4, -0.2) is 37.4 Å². The SMILES string of the molecule is FC(F)C(F)(F)OCC(F)(C(F)F)C(F)(F)F. The van der Waals surface area contributed by atoms with E-state index in [1.165, 1.54) is 0 Å². The summed E-state index contributed by atoms with van der Waals surface area (Å²) in [5, 5.41) is 0. The van der Waals surface area contributed by atoms with Crippen LogP contribution < -0.4 is 0 Å². The fourth-order valence-electron chi connectivity index (χ4n) is 0.533. The summed E-state index contributed by atoms with van der Waals surface area (Å²) in [4.78, 5) is 0. The largest absolute Gasteiger partial charge is 0.430 e. The van der Waals surface area contributed by atoms with E-state index in [-0.39, 0.29) is 0 Å². The van der Waals surface area contributed by atoms with Crippen LogP contribution in [-0.2, 0) is 4.74 Å². The number of hydrogen-bond donors (Lipinski definition) is 0. The third-order valence-electron chi connectivity index (χ3n) is 1.55. The first kappa shape index (κ1) is 16.3. The molecule has 1 unspecified atom stereocenters.